The fourth-order valence-electron chi connectivity index (χ4n) is 3.81. The van der Waals surface area contributed by atoms with Crippen molar-refractivity contribution in [1.82, 2.24) is 15.2 Å². The van der Waals surface area contributed by atoms with Gasteiger partial charge in [0.25, 0.3) is 11.8 Å². The van der Waals surface area contributed by atoms with Gasteiger partial charge in [0.1, 0.15) is 6.10 Å². The lowest BCUT2D eigenvalue weighted by Gasteiger charge is -2.27. The first-order chi connectivity index (χ1) is 16.3. The molecular weight excluding hydrogens is 432 g/mol. The Morgan fingerprint density at radius 1 is 1.12 bits per heavy atom. The van der Waals surface area contributed by atoms with Gasteiger partial charge in [0.2, 0.25) is 0 Å². The summed E-state index contributed by atoms with van der Waals surface area (Å²) in [5, 5.41) is 32.5. The largest absolute Gasteiger partial charge is 0.389 e. The van der Waals surface area contributed by atoms with E-state index in [9.17, 15) is 19.8 Å². The number of hydrogen-bond donors (Lipinski definition) is 3. The summed E-state index contributed by atoms with van der Waals surface area (Å²) in [4.78, 5) is 32.2. The number of carbonyl (C=O) groups is 2. The summed E-state index contributed by atoms with van der Waals surface area (Å²) < 4.78 is 0. The normalized spacial score (nSPS) is 13.4. The highest BCUT2D eigenvalue weighted by Crippen LogP contribution is 2.15. The molecule has 0 saturated heterocycles. The second-order valence-corrected chi connectivity index (χ2v) is 8.41. The number of benzene rings is 1. The van der Waals surface area contributed by atoms with Gasteiger partial charge < -0.3 is 20.4 Å². The zero-order chi connectivity index (χ0) is 25.1. The van der Waals surface area contributed by atoms with E-state index in [2.05, 4.69) is 10.3 Å². The van der Waals surface area contributed by atoms with Gasteiger partial charge in [-0.15, -0.1) is 0 Å². The van der Waals surface area contributed by atoms with Crippen LogP contribution in [-0.2, 0) is 6.42 Å². The zero-order valence-corrected chi connectivity index (χ0v) is 20.1. The van der Waals surface area contributed by atoms with Gasteiger partial charge in [-0.1, -0.05) is 19.9 Å². The number of aromatic nitrogens is 1. The number of amides is 2. The molecule has 182 valence electrons. The fraction of sp³-hybridized carbons (Fsp3) is 0.462. The average Bonchev–Trinajstić information content (AvgIpc) is 2.83. The van der Waals surface area contributed by atoms with Crippen molar-refractivity contribution >= 4 is 11.8 Å². The smallest absolute Gasteiger partial charge is 0.253 e. The molecule has 0 aliphatic rings. The Morgan fingerprint density at radius 2 is 1.79 bits per heavy atom. The summed E-state index contributed by atoms with van der Waals surface area (Å²) in [5.41, 5.74) is 2.09. The van der Waals surface area contributed by atoms with Crippen LogP contribution < -0.4 is 5.32 Å². The van der Waals surface area contributed by atoms with Gasteiger partial charge in [-0.2, -0.15) is 5.26 Å². The monoisotopic (exact) mass is 466 g/mol. The number of nitriles is 1. The number of nitrogens with one attached hydrogen (secondary N) is 1. The first-order valence-corrected chi connectivity index (χ1v) is 11.7. The van der Waals surface area contributed by atoms with E-state index in [1.165, 1.54) is 0 Å². The SMILES string of the molecule is CCCN(CCC)C(=O)c1cc(C)cc(C(=O)NC(Cc2ccccn2)C(O)C(O)CC#N)c1. The topological polar surface area (TPSA) is 127 Å². The lowest BCUT2D eigenvalue weighted by Crippen LogP contribution is -2.50. The molecule has 3 unspecified atom stereocenters. The third kappa shape index (κ3) is 7.65. The fourth-order valence-corrected chi connectivity index (χ4v) is 3.81. The van der Waals surface area contributed by atoms with Crippen molar-refractivity contribution in [3.05, 3.63) is 65.0 Å². The molecule has 0 spiro atoms. The predicted octanol–water partition coefficient (Wildman–Crippen LogP) is 2.63. The number of aliphatic hydroxyl groups is 2. The molecule has 3 atom stereocenters. The second kappa shape index (κ2) is 13.4. The van der Waals surface area contributed by atoms with E-state index in [1.54, 1.807) is 47.5 Å². The highest BCUT2D eigenvalue weighted by molar-refractivity contribution is 6.00. The van der Waals surface area contributed by atoms with E-state index < -0.39 is 24.2 Å². The second-order valence-electron chi connectivity index (χ2n) is 8.41. The number of carbonyl (C=O) groups excluding carboxylic acids is 2. The van der Waals surface area contributed by atoms with Crippen LogP contribution in [0, 0.1) is 18.3 Å². The number of aliphatic hydroxyl groups excluding tert-OH is 2. The molecule has 2 amide bonds. The Labute approximate surface area is 201 Å². The van der Waals surface area contributed by atoms with Gasteiger partial charge in [0.15, 0.2) is 0 Å². The Hall–Kier alpha value is -3.28. The van der Waals surface area contributed by atoms with Crippen molar-refractivity contribution in [2.75, 3.05) is 13.1 Å². The van der Waals surface area contributed by atoms with Crippen LogP contribution in [0.1, 0.15) is 65.1 Å². The van der Waals surface area contributed by atoms with E-state index in [1.807, 2.05) is 26.8 Å². The van der Waals surface area contributed by atoms with Crippen LogP contribution in [0.15, 0.2) is 42.6 Å². The van der Waals surface area contributed by atoms with E-state index in [0.717, 1.165) is 18.4 Å². The van der Waals surface area contributed by atoms with Crippen LogP contribution in [0.3, 0.4) is 0 Å². The molecule has 34 heavy (non-hydrogen) atoms. The molecule has 1 aromatic heterocycles. The number of rotatable bonds is 12. The van der Waals surface area contributed by atoms with Crippen molar-refractivity contribution < 1.29 is 19.8 Å². The third-order valence-electron chi connectivity index (χ3n) is 5.44. The number of pyridine rings is 1. The van der Waals surface area contributed by atoms with Crippen molar-refractivity contribution in [2.45, 2.75) is 64.7 Å². The quantitative estimate of drug-likeness (QED) is 0.441. The summed E-state index contributed by atoms with van der Waals surface area (Å²) in [7, 11) is 0. The van der Waals surface area contributed by atoms with Gasteiger partial charge >= 0.3 is 0 Å². The molecule has 2 rings (SSSR count). The number of hydrogen-bond acceptors (Lipinski definition) is 6. The first kappa shape index (κ1) is 27.0. The molecule has 0 aliphatic heterocycles. The summed E-state index contributed by atoms with van der Waals surface area (Å²) in [6.45, 7) is 7.11. The molecule has 8 nitrogen and oxygen atoms in total. The zero-order valence-electron chi connectivity index (χ0n) is 20.1. The van der Waals surface area contributed by atoms with Gasteiger partial charge in [-0.25, -0.2) is 0 Å². The molecule has 1 aromatic carbocycles. The van der Waals surface area contributed by atoms with Crippen LogP contribution in [0.5, 0.6) is 0 Å². The predicted molar refractivity (Wildman–Crippen MR) is 129 cm³/mol. The standard InChI is InChI=1S/C26H34N4O4/c1-4-12-30(13-5-2)26(34)20-15-18(3)14-19(16-20)25(33)29-22(24(32)23(31)9-10-27)17-21-8-6-7-11-28-21/h6-8,11,14-16,22-24,31-32H,4-5,9,12-13,17H2,1-3H3,(H,29,33). The molecule has 0 bridgehead atoms. The van der Waals surface area contributed by atoms with E-state index in [4.69, 9.17) is 5.26 Å². The first-order valence-electron chi connectivity index (χ1n) is 11.7. The Balaban J connectivity index is 2.30. The van der Waals surface area contributed by atoms with Crippen molar-refractivity contribution in [3.8, 4) is 6.07 Å². The molecule has 0 saturated carbocycles. The molecule has 0 fully saturated rings. The summed E-state index contributed by atoms with van der Waals surface area (Å²) in [6.07, 6.45) is 0.458. The average molecular weight is 467 g/mol. The van der Waals surface area contributed by atoms with E-state index in [0.29, 0.717) is 24.3 Å². The van der Waals surface area contributed by atoms with Crippen LogP contribution in [0.2, 0.25) is 0 Å². The summed E-state index contributed by atoms with van der Waals surface area (Å²) >= 11 is 0. The van der Waals surface area contributed by atoms with Crippen molar-refractivity contribution in [3.63, 3.8) is 0 Å². The summed E-state index contributed by atoms with van der Waals surface area (Å²) in [5.74, 6) is -0.615. The molecule has 0 radical (unpaired) electrons. The van der Waals surface area contributed by atoms with Gasteiger partial charge in [0, 0.05) is 42.5 Å². The number of aryl methyl sites for hydroxylation is 1. The minimum absolute atomic E-state index is 0.129. The van der Waals surface area contributed by atoms with Gasteiger partial charge in [0.05, 0.1) is 24.6 Å². The van der Waals surface area contributed by atoms with Crippen LogP contribution in [0.4, 0.5) is 0 Å². The van der Waals surface area contributed by atoms with Gasteiger partial charge in [-0.3, -0.25) is 14.6 Å². The Bertz CT molecular complexity index is 984. The lowest BCUT2D eigenvalue weighted by molar-refractivity contribution is -0.000516. The van der Waals surface area contributed by atoms with Crippen molar-refractivity contribution in [2.24, 2.45) is 0 Å². The number of nitrogens with zero attached hydrogens (tertiary/aromatic N) is 3. The van der Waals surface area contributed by atoms with Crippen molar-refractivity contribution in [1.29, 1.82) is 5.26 Å². The van der Waals surface area contributed by atoms with Crippen LogP contribution in [0.25, 0.3) is 0 Å². The van der Waals surface area contributed by atoms with Gasteiger partial charge in [-0.05, 0) is 55.7 Å². The maximum absolute atomic E-state index is 13.2. The highest BCUT2D eigenvalue weighted by atomic mass is 16.3. The molecule has 1 heterocycles. The summed E-state index contributed by atoms with van der Waals surface area (Å²) in [6, 6.07) is 11.2. The molecule has 2 aromatic rings. The molecule has 0 aliphatic carbocycles. The lowest BCUT2D eigenvalue weighted by atomic mass is 9.97. The van der Waals surface area contributed by atoms with Crippen LogP contribution in [-0.4, -0.2) is 63.3 Å². The third-order valence-corrected chi connectivity index (χ3v) is 5.44. The molecule has 3 N–H and O–H groups in total. The Kier molecular flexibility index (Phi) is 10.7. The minimum atomic E-state index is -1.37. The molecular formula is C26H34N4O4. The maximum atomic E-state index is 13.2. The molecule has 8 heteroatoms. The highest BCUT2D eigenvalue weighted by Gasteiger charge is 2.29. The maximum Gasteiger partial charge on any atom is 0.253 e. The van der Waals surface area contributed by atoms with E-state index >= 15 is 0 Å². The van der Waals surface area contributed by atoms with Crippen LogP contribution >= 0.6 is 0 Å². The van der Waals surface area contributed by atoms with E-state index in [-0.39, 0.29) is 24.3 Å². The minimum Gasteiger partial charge on any atom is -0.389 e. The Morgan fingerprint density at radius 3 is 2.38 bits per heavy atom.